The molecule has 0 unspecified atom stereocenters. The number of terminal acetylenes is 1. The predicted octanol–water partition coefficient (Wildman–Crippen LogP) is 20.3. The van der Waals surface area contributed by atoms with Gasteiger partial charge in [-0.3, -0.25) is 0 Å². The van der Waals surface area contributed by atoms with Crippen LogP contribution in [0.4, 0.5) is 17.1 Å². The Hall–Kier alpha value is -12.4. The van der Waals surface area contributed by atoms with Crippen LogP contribution in [0.3, 0.4) is 0 Å². The van der Waals surface area contributed by atoms with E-state index in [1.165, 1.54) is 5.69 Å². The van der Waals surface area contributed by atoms with Gasteiger partial charge in [-0.2, -0.15) is 0 Å². The summed E-state index contributed by atoms with van der Waals surface area (Å²) in [6.45, 7) is 0. The minimum atomic E-state index is -1.37. The third-order valence-corrected chi connectivity index (χ3v) is 22.1. The number of benzene rings is 10. The number of anilines is 3. The molecule has 20 nitrogen and oxygen atoms in total. The Labute approximate surface area is 828 Å². The largest absolute Gasteiger partial charge is 1.00 e. The molecule has 0 spiro atoms. The molecule has 8 aromatic heterocycles. The summed E-state index contributed by atoms with van der Waals surface area (Å²) in [5, 5.41) is 21.6. The molecule has 0 saturated carbocycles. The summed E-state index contributed by atoms with van der Waals surface area (Å²) >= 11 is 12.3. The first kappa shape index (κ1) is 101. The van der Waals surface area contributed by atoms with Gasteiger partial charge in [-0.05, 0) is 217 Å². The number of pyridine rings is 4. The van der Waals surface area contributed by atoms with Gasteiger partial charge in [-0.25, -0.2) is 31.9 Å². The van der Waals surface area contributed by atoms with Crippen molar-refractivity contribution < 1.29 is 72.7 Å². The minimum absolute atomic E-state index is 0. The molecule has 0 fully saturated rings. The van der Waals surface area contributed by atoms with E-state index in [1.54, 1.807) is 28.5 Å². The molecule has 0 amide bonds. The SMILES string of the molecule is Brc1cnc2c(c1)c(C#Cc1ccccc1)cn2SOOc1ccccc1.Brc1cnc2c(c1)c(I)cn2SOOc1ccccc1.C.C#Cc1ccccc1.CN(C)c1ccc(-c2cnc3[nH]cc(C#Cc4ccccc4)c3c2)cc1.CN(C)c1ccc(-c2cnc3c(c2)c(C#Cc2ccccc2)cn3SOOc2ccccc2)cc1.CN(C)c1ccc(B(O)O)cc1.[Na+].[OH-]. The van der Waals surface area contributed by atoms with E-state index in [0.29, 0.717) is 22.7 Å². The minimum Gasteiger partial charge on any atom is -0.870 e. The summed E-state index contributed by atoms with van der Waals surface area (Å²) in [5.74, 6) is 23.9. The van der Waals surface area contributed by atoms with E-state index in [9.17, 15) is 0 Å². The number of aromatic nitrogens is 8. The van der Waals surface area contributed by atoms with Gasteiger partial charge in [-0.15, -0.1) is 6.42 Å². The number of para-hydroxylation sites is 3. The van der Waals surface area contributed by atoms with E-state index < -0.39 is 7.12 Å². The van der Waals surface area contributed by atoms with Crippen molar-refractivity contribution in [1.29, 1.82) is 0 Å². The molecular weight excluding hydrogens is 1950 g/mol. The molecule has 18 aromatic rings. The summed E-state index contributed by atoms with van der Waals surface area (Å²) in [6.07, 6.45) is 20.1. The second-order valence-corrected chi connectivity index (χ2v) is 33.3. The van der Waals surface area contributed by atoms with Gasteiger partial charge in [0.05, 0.1) is 16.7 Å². The molecule has 0 aliphatic heterocycles. The summed E-state index contributed by atoms with van der Waals surface area (Å²) < 4.78 is 24.3. The third-order valence-electron chi connectivity index (χ3n) is 18.6. The van der Waals surface area contributed by atoms with Gasteiger partial charge in [-0.1, -0.05) is 226 Å². The van der Waals surface area contributed by atoms with E-state index >= 15 is 0 Å². The van der Waals surface area contributed by atoms with Crippen LogP contribution in [-0.4, -0.2) is 102 Å². The van der Waals surface area contributed by atoms with E-state index in [0.717, 1.165) is 166 Å². The number of halogens is 3. The topological polar surface area (TPSA) is 218 Å². The van der Waals surface area contributed by atoms with Crippen LogP contribution in [-0.2, 0) is 13.0 Å². The fourth-order valence-electron chi connectivity index (χ4n) is 12.0. The number of rotatable bonds is 18. The van der Waals surface area contributed by atoms with Gasteiger partial charge < -0.3 is 49.9 Å². The summed E-state index contributed by atoms with van der Waals surface area (Å²) in [5.41, 5.74) is 18.0. The predicted molar refractivity (Wildman–Crippen MR) is 547 cm³/mol. The molecule has 4 N–H and O–H groups in total. The molecule has 0 aliphatic carbocycles. The quantitative estimate of drug-likeness (QED) is 0.0182. The Morgan fingerprint density at radius 3 is 1.08 bits per heavy atom. The maximum absolute atomic E-state index is 8.80. The van der Waals surface area contributed by atoms with Gasteiger partial charge in [0.2, 0.25) is 0 Å². The van der Waals surface area contributed by atoms with Crippen molar-refractivity contribution in [2.75, 3.05) is 57.0 Å². The molecule has 0 saturated heterocycles. The van der Waals surface area contributed by atoms with Crippen LogP contribution in [0.25, 0.3) is 66.4 Å². The standard InChI is InChI=1S/C29H23N3O2S.C23H19N3.C21H13BrN2O2S.C13H8BrIN2O2S.C8H12BNO2.C8H6.CH4.Na.H2O/c1-31(2)26-17-15-23(16-18-26)25-19-28-24(14-13-22-9-5-3-6-10-22)21-32(29(28)30-20-25)35-34-33-27-11-7-4-8-12-27;1-26(2)21-12-10-18(11-13-21)20-14-22-19(15-24-23(22)25-16-20)9-8-17-6-4-3-5-7-17;22-18-13-20-17(12-11-16-7-3-1-4-8-16)15-24(21(20)23-14-18)27-26-25-19-9-5-2-6-10-19;14-9-6-11-12(15)8-17(13(11)16-7-9)20-19-18-10-4-2-1-3-5-10;1-10(2)8-5-3-7(4-6-8)9(11)12;1-2-8-6-4-3-5-7-8;;;/h3-12,15-21H,1-2H3;3-7,10-16H,1-2H3,(H,24,25);1-10,13-15H;1-8H;3-6,11-12H,1-2H3;1,3-7H;1H4;;1H2/q;;;;;;;+1;/p-1. The molecule has 131 heavy (non-hydrogen) atoms. The fraction of sp³-hybridized carbons (Fsp3) is 0.0680. The number of hydrogen-bond donors (Lipinski definition) is 3. The summed E-state index contributed by atoms with van der Waals surface area (Å²) in [7, 11) is 10.6. The number of fused-ring (bicyclic) bond motifs is 4. The zero-order valence-electron chi connectivity index (χ0n) is 71.3. The maximum Gasteiger partial charge on any atom is 1.00 e. The Morgan fingerprint density at radius 2 is 0.702 bits per heavy atom. The molecule has 0 radical (unpaired) electrons. The average molecular weight is 2040 g/mol. The first-order valence-electron chi connectivity index (χ1n) is 39.5. The molecule has 10 aromatic carbocycles. The molecule has 650 valence electrons. The second-order valence-electron chi connectivity index (χ2n) is 28.2. The molecule has 0 aliphatic rings. The van der Waals surface area contributed by atoms with Gasteiger partial charge in [0, 0.05) is 176 Å². The first-order valence-corrected chi connectivity index (χ1v) is 44.3. The van der Waals surface area contributed by atoms with Gasteiger partial charge in [0.25, 0.3) is 0 Å². The van der Waals surface area contributed by atoms with Crippen molar-refractivity contribution in [1.82, 2.24) is 36.8 Å². The molecule has 28 heteroatoms. The number of hydrogen-bond acceptors (Lipinski definition) is 19. The monoisotopic (exact) mass is 2040 g/mol. The van der Waals surface area contributed by atoms with Crippen LogP contribution in [0, 0.1) is 51.4 Å². The first-order chi connectivity index (χ1) is 62.4. The van der Waals surface area contributed by atoms with E-state index in [4.69, 9.17) is 49.1 Å². The normalized spacial score (nSPS) is 10.1. The summed E-state index contributed by atoms with van der Waals surface area (Å²) in [4.78, 5) is 43.4. The van der Waals surface area contributed by atoms with Gasteiger partial charge >= 0.3 is 36.7 Å². The van der Waals surface area contributed by atoms with E-state index in [1.807, 2.05) is 329 Å². The average Bonchev–Trinajstić information content (AvgIpc) is 1.63. The Kier molecular flexibility index (Phi) is 39.8. The van der Waals surface area contributed by atoms with Crippen molar-refractivity contribution in [3.05, 3.63) is 410 Å². The number of H-pyrrole nitrogens is 1. The van der Waals surface area contributed by atoms with Crippen molar-refractivity contribution in [2.24, 2.45) is 0 Å². The number of nitrogens with one attached hydrogen (secondary N) is 1. The van der Waals surface area contributed by atoms with E-state index in [-0.39, 0.29) is 42.5 Å². The van der Waals surface area contributed by atoms with Crippen LogP contribution in [0.5, 0.6) is 17.2 Å². The zero-order chi connectivity index (χ0) is 89.4. The molecule has 0 atom stereocenters. The number of nitrogens with zero attached hydrogens (tertiary/aromatic N) is 10. The van der Waals surface area contributed by atoms with Crippen LogP contribution in [0.2, 0.25) is 0 Å². The Balaban J connectivity index is 0.000000170. The van der Waals surface area contributed by atoms with Crippen molar-refractivity contribution in [2.45, 2.75) is 7.43 Å². The van der Waals surface area contributed by atoms with Gasteiger partial charge in [0.1, 0.15) is 5.65 Å². The van der Waals surface area contributed by atoms with Crippen molar-refractivity contribution >= 4 is 165 Å². The van der Waals surface area contributed by atoms with Crippen molar-refractivity contribution in [3.63, 3.8) is 0 Å². The van der Waals surface area contributed by atoms with Crippen LogP contribution >= 0.6 is 91.1 Å². The zero-order valence-corrected chi connectivity index (χ0v) is 81.1. The third kappa shape index (κ3) is 29.8. The van der Waals surface area contributed by atoms with E-state index in [2.05, 4.69) is 186 Å². The molecule has 8 heterocycles. The smallest absolute Gasteiger partial charge is 0.870 e. The fourth-order valence-corrected chi connectivity index (χ4v) is 15.1. The Bertz CT molecular complexity index is 6870. The van der Waals surface area contributed by atoms with Crippen LogP contribution in [0.1, 0.15) is 46.4 Å². The molecule has 0 bridgehead atoms. The summed E-state index contributed by atoms with van der Waals surface area (Å²) in [6, 6.07) is 99.7. The second kappa shape index (κ2) is 51.8. The maximum atomic E-state index is 8.80. The number of aromatic amines is 1. The Morgan fingerprint density at radius 1 is 0.382 bits per heavy atom. The molecular formula is C103H86BBr2IN11NaO9S3. The molecule has 18 rings (SSSR count). The van der Waals surface area contributed by atoms with Crippen LogP contribution in [0.15, 0.2) is 368 Å². The van der Waals surface area contributed by atoms with Gasteiger partial charge in [0.15, 0.2) is 70.9 Å². The van der Waals surface area contributed by atoms with Crippen LogP contribution < -0.4 is 64.4 Å². The van der Waals surface area contributed by atoms with Crippen molar-refractivity contribution in [3.8, 4) is 87.4 Å².